The van der Waals surface area contributed by atoms with E-state index in [-0.39, 0.29) is 5.54 Å². The predicted octanol–water partition coefficient (Wildman–Crippen LogP) is 2.03. The Morgan fingerprint density at radius 3 is 2.93 bits per heavy atom. The summed E-state index contributed by atoms with van der Waals surface area (Å²) in [5.41, 5.74) is 0.287. The monoisotopic (exact) mass is 228 g/mol. The number of nitrogens with one attached hydrogen (secondary N) is 1. The van der Waals surface area contributed by atoms with Gasteiger partial charge < -0.3 is 10.1 Å². The summed E-state index contributed by atoms with van der Waals surface area (Å²) in [6.07, 6.45) is 3.36. The quantitative estimate of drug-likeness (QED) is 0.785. The minimum atomic E-state index is 0.287. The summed E-state index contributed by atoms with van der Waals surface area (Å²) in [6, 6.07) is 0.440. The van der Waals surface area contributed by atoms with E-state index in [2.05, 4.69) is 24.2 Å². The number of hydrogen-bond acceptors (Lipinski definition) is 3. The van der Waals surface area contributed by atoms with E-state index in [9.17, 15) is 0 Å². The molecule has 86 valence electrons. The maximum Gasteiger partial charge on any atom is 0.157 e. The maximum atomic E-state index is 5.40. The van der Waals surface area contributed by atoms with Gasteiger partial charge in [-0.15, -0.1) is 0 Å². The predicted molar refractivity (Wildman–Crippen MR) is 65.6 cm³/mol. The van der Waals surface area contributed by atoms with Crippen LogP contribution in [0.15, 0.2) is 4.99 Å². The highest BCUT2D eigenvalue weighted by atomic mass is 32.2. The van der Waals surface area contributed by atoms with Gasteiger partial charge in [0.15, 0.2) is 5.17 Å². The zero-order valence-electron chi connectivity index (χ0n) is 9.58. The van der Waals surface area contributed by atoms with Crippen LogP contribution < -0.4 is 5.32 Å². The molecule has 2 aliphatic rings. The molecule has 3 nitrogen and oxygen atoms in total. The van der Waals surface area contributed by atoms with Crippen molar-refractivity contribution in [3.8, 4) is 0 Å². The second-order valence-corrected chi connectivity index (χ2v) is 5.46. The van der Waals surface area contributed by atoms with Crippen LogP contribution in [0.25, 0.3) is 0 Å². The third-order valence-corrected chi connectivity index (χ3v) is 4.41. The van der Waals surface area contributed by atoms with Crippen LogP contribution in [0.2, 0.25) is 0 Å². The highest BCUT2D eigenvalue weighted by Gasteiger charge is 2.38. The Morgan fingerprint density at radius 1 is 1.53 bits per heavy atom. The Balaban J connectivity index is 1.96. The van der Waals surface area contributed by atoms with Crippen LogP contribution in [-0.4, -0.2) is 35.7 Å². The lowest BCUT2D eigenvalue weighted by atomic mass is 9.93. The molecule has 1 atom stereocenters. The van der Waals surface area contributed by atoms with Gasteiger partial charge in [0.1, 0.15) is 0 Å². The first-order valence-corrected chi connectivity index (χ1v) is 6.79. The molecule has 1 N–H and O–H groups in total. The summed E-state index contributed by atoms with van der Waals surface area (Å²) in [6.45, 7) is 6.14. The van der Waals surface area contributed by atoms with E-state index < -0.39 is 0 Å². The van der Waals surface area contributed by atoms with E-state index in [0.29, 0.717) is 6.04 Å². The highest BCUT2D eigenvalue weighted by Crippen LogP contribution is 2.31. The number of rotatable bonds is 2. The Labute approximate surface area is 96.1 Å². The number of nitrogens with zero attached hydrogens (tertiary/aromatic N) is 1. The van der Waals surface area contributed by atoms with Crippen LogP contribution in [0.4, 0.5) is 0 Å². The van der Waals surface area contributed by atoms with Crippen molar-refractivity contribution >= 4 is 16.9 Å². The van der Waals surface area contributed by atoms with Gasteiger partial charge in [0.05, 0.1) is 5.54 Å². The van der Waals surface area contributed by atoms with Crippen molar-refractivity contribution in [1.29, 1.82) is 0 Å². The van der Waals surface area contributed by atoms with Crippen molar-refractivity contribution in [2.75, 3.05) is 19.0 Å². The molecule has 2 rings (SSSR count). The normalized spacial score (nSPS) is 29.3. The van der Waals surface area contributed by atoms with Gasteiger partial charge in [-0.2, -0.15) is 0 Å². The Kier molecular flexibility index (Phi) is 3.57. The fourth-order valence-electron chi connectivity index (χ4n) is 1.90. The van der Waals surface area contributed by atoms with Crippen LogP contribution in [0, 0.1) is 0 Å². The first kappa shape index (κ1) is 11.3. The minimum Gasteiger partial charge on any atom is -0.381 e. The SMILES string of the molecule is CCC(C)N=C1NC2(CCOCC2)CS1. The van der Waals surface area contributed by atoms with Crippen molar-refractivity contribution in [2.45, 2.75) is 44.7 Å². The van der Waals surface area contributed by atoms with Gasteiger partial charge >= 0.3 is 0 Å². The van der Waals surface area contributed by atoms with Gasteiger partial charge in [-0.3, -0.25) is 4.99 Å². The van der Waals surface area contributed by atoms with E-state index in [4.69, 9.17) is 4.74 Å². The van der Waals surface area contributed by atoms with Gasteiger partial charge in [-0.1, -0.05) is 18.7 Å². The molecule has 0 aliphatic carbocycles. The third kappa shape index (κ3) is 2.67. The zero-order chi connectivity index (χ0) is 10.7. The number of hydrogen-bond donors (Lipinski definition) is 1. The zero-order valence-corrected chi connectivity index (χ0v) is 10.4. The smallest absolute Gasteiger partial charge is 0.157 e. The number of ether oxygens (including phenoxy) is 1. The summed E-state index contributed by atoms with van der Waals surface area (Å²) in [5.74, 6) is 1.16. The average molecular weight is 228 g/mol. The first-order valence-electron chi connectivity index (χ1n) is 5.81. The summed E-state index contributed by atoms with van der Waals surface area (Å²) < 4.78 is 5.40. The van der Waals surface area contributed by atoms with Crippen molar-refractivity contribution in [3.05, 3.63) is 0 Å². The fraction of sp³-hybridized carbons (Fsp3) is 0.909. The van der Waals surface area contributed by atoms with Crippen LogP contribution in [0.1, 0.15) is 33.1 Å². The molecule has 2 saturated heterocycles. The summed E-state index contributed by atoms with van der Waals surface area (Å²) in [7, 11) is 0. The van der Waals surface area contributed by atoms with Crippen molar-refractivity contribution in [3.63, 3.8) is 0 Å². The van der Waals surface area contributed by atoms with E-state index >= 15 is 0 Å². The Bertz CT molecular complexity index is 249. The second kappa shape index (κ2) is 4.74. The lowest BCUT2D eigenvalue weighted by Gasteiger charge is -2.32. The molecule has 0 bridgehead atoms. The van der Waals surface area contributed by atoms with Gasteiger partial charge in [0, 0.05) is 25.0 Å². The summed E-state index contributed by atoms with van der Waals surface area (Å²) in [5, 5.41) is 4.75. The molecule has 4 heteroatoms. The van der Waals surface area contributed by atoms with Gasteiger partial charge in [0.2, 0.25) is 0 Å². The molecule has 1 unspecified atom stereocenters. The maximum absolute atomic E-state index is 5.40. The molecular formula is C11H20N2OS. The van der Waals surface area contributed by atoms with Gasteiger partial charge in [0.25, 0.3) is 0 Å². The molecule has 2 heterocycles. The number of aliphatic imine (C=N–C) groups is 1. The van der Waals surface area contributed by atoms with Gasteiger partial charge in [-0.25, -0.2) is 0 Å². The Morgan fingerprint density at radius 2 is 2.27 bits per heavy atom. The van der Waals surface area contributed by atoms with E-state index in [0.717, 1.165) is 43.4 Å². The van der Waals surface area contributed by atoms with Crippen molar-refractivity contribution < 1.29 is 4.74 Å². The van der Waals surface area contributed by atoms with E-state index in [1.54, 1.807) is 0 Å². The minimum absolute atomic E-state index is 0.287. The molecule has 2 fully saturated rings. The van der Waals surface area contributed by atoms with Crippen molar-refractivity contribution in [2.24, 2.45) is 4.99 Å². The summed E-state index contributed by atoms with van der Waals surface area (Å²) >= 11 is 1.87. The molecule has 0 radical (unpaired) electrons. The standard InChI is InChI=1S/C11H20N2OS/c1-3-9(2)12-10-13-11(8-15-10)4-6-14-7-5-11/h9H,3-8H2,1-2H3,(H,12,13). The average Bonchev–Trinajstić information content (AvgIpc) is 2.62. The van der Waals surface area contributed by atoms with Crippen LogP contribution in [0.5, 0.6) is 0 Å². The number of amidine groups is 1. The molecule has 0 amide bonds. The number of thioether (sulfide) groups is 1. The third-order valence-electron chi connectivity index (χ3n) is 3.24. The molecule has 0 aromatic carbocycles. The molecule has 0 saturated carbocycles. The van der Waals surface area contributed by atoms with E-state index in [1.165, 1.54) is 0 Å². The molecule has 0 aromatic rings. The molecule has 0 aromatic heterocycles. The molecule has 1 spiro atoms. The first-order chi connectivity index (χ1) is 7.24. The molecular weight excluding hydrogens is 208 g/mol. The van der Waals surface area contributed by atoms with Crippen molar-refractivity contribution in [1.82, 2.24) is 5.32 Å². The van der Waals surface area contributed by atoms with Crippen LogP contribution in [0.3, 0.4) is 0 Å². The Hall–Kier alpha value is -0.220. The highest BCUT2D eigenvalue weighted by molar-refractivity contribution is 8.14. The van der Waals surface area contributed by atoms with Gasteiger partial charge in [-0.05, 0) is 26.2 Å². The topological polar surface area (TPSA) is 33.6 Å². The largest absolute Gasteiger partial charge is 0.381 e. The molecule has 15 heavy (non-hydrogen) atoms. The summed E-state index contributed by atoms with van der Waals surface area (Å²) in [4.78, 5) is 4.67. The lowest BCUT2D eigenvalue weighted by molar-refractivity contribution is 0.0555. The van der Waals surface area contributed by atoms with E-state index in [1.807, 2.05) is 11.8 Å². The second-order valence-electron chi connectivity index (χ2n) is 4.50. The lowest BCUT2D eigenvalue weighted by Crippen LogP contribution is -2.48. The van der Waals surface area contributed by atoms with Crippen LogP contribution in [-0.2, 0) is 4.74 Å². The fourth-order valence-corrected chi connectivity index (χ4v) is 3.21. The molecule has 2 aliphatic heterocycles. The van der Waals surface area contributed by atoms with Crippen LogP contribution >= 0.6 is 11.8 Å².